The second-order valence-electron chi connectivity index (χ2n) is 4.41. The summed E-state index contributed by atoms with van der Waals surface area (Å²) in [6, 6.07) is 12.3. The molecule has 0 aromatic heterocycles. The molecular weight excluding hydrogens is 336 g/mol. The number of carboxylic acids is 1. The van der Waals surface area contributed by atoms with Crippen LogP contribution in [0.2, 0.25) is 0 Å². The lowest BCUT2D eigenvalue weighted by Crippen LogP contribution is -2.11. The standard InChI is InChI=1S/C16H15BrO4/c1-11-6-7-12(17)10-15(11)21-9-8-20-14-5-3-2-4-13(14)16(18)19/h2-7,10H,8-9H2,1H3,(H,18,19). The summed E-state index contributed by atoms with van der Waals surface area (Å²) < 4.78 is 12.1. The van der Waals surface area contributed by atoms with Gasteiger partial charge in [-0.05, 0) is 36.8 Å². The molecule has 21 heavy (non-hydrogen) atoms. The van der Waals surface area contributed by atoms with Gasteiger partial charge < -0.3 is 14.6 Å². The summed E-state index contributed by atoms with van der Waals surface area (Å²) in [5.41, 5.74) is 1.18. The lowest BCUT2D eigenvalue weighted by Gasteiger charge is -2.11. The number of ether oxygens (including phenoxy) is 2. The van der Waals surface area contributed by atoms with Crippen molar-refractivity contribution in [3.8, 4) is 11.5 Å². The van der Waals surface area contributed by atoms with Gasteiger partial charge in [-0.2, -0.15) is 0 Å². The number of carbonyl (C=O) groups is 1. The van der Waals surface area contributed by atoms with Crippen LogP contribution >= 0.6 is 15.9 Å². The molecule has 0 atom stereocenters. The van der Waals surface area contributed by atoms with Gasteiger partial charge in [-0.1, -0.05) is 34.1 Å². The van der Waals surface area contributed by atoms with Crippen molar-refractivity contribution in [2.45, 2.75) is 6.92 Å². The van der Waals surface area contributed by atoms with Gasteiger partial charge in [0.05, 0.1) is 0 Å². The highest BCUT2D eigenvalue weighted by Gasteiger charge is 2.09. The SMILES string of the molecule is Cc1ccc(Br)cc1OCCOc1ccccc1C(=O)O. The summed E-state index contributed by atoms with van der Waals surface area (Å²) in [6.07, 6.45) is 0. The van der Waals surface area contributed by atoms with Gasteiger partial charge in [0.1, 0.15) is 30.3 Å². The third-order valence-electron chi connectivity index (χ3n) is 2.87. The van der Waals surface area contributed by atoms with Crippen molar-refractivity contribution >= 4 is 21.9 Å². The number of rotatable bonds is 6. The van der Waals surface area contributed by atoms with Crippen LogP contribution < -0.4 is 9.47 Å². The maximum atomic E-state index is 11.0. The molecule has 2 aromatic carbocycles. The van der Waals surface area contributed by atoms with Gasteiger partial charge in [-0.3, -0.25) is 0 Å². The Morgan fingerprint density at radius 2 is 1.76 bits per heavy atom. The van der Waals surface area contributed by atoms with Crippen LogP contribution in [0, 0.1) is 6.92 Å². The highest BCUT2D eigenvalue weighted by Crippen LogP contribution is 2.23. The summed E-state index contributed by atoms with van der Waals surface area (Å²) in [7, 11) is 0. The van der Waals surface area contributed by atoms with Crippen molar-refractivity contribution in [1.82, 2.24) is 0 Å². The van der Waals surface area contributed by atoms with Crippen LogP contribution in [0.5, 0.6) is 11.5 Å². The first-order valence-corrected chi connectivity index (χ1v) is 7.21. The minimum atomic E-state index is -1.01. The van der Waals surface area contributed by atoms with Crippen LogP contribution in [-0.2, 0) is 0 Å². The number of benzene rings is 2. The molecule has 0 aliphatic rings. The normalized spacial score (nSPS) is 10.2. The lowest BCUT2D eigenvalue weighted by molar-refractivity contribution is 0.0691. The Labute approximate surface area is 131 Å². The van der Waals surface area contributed by atoms with E-state index in [4.69, 9.17) is 14.6 Å². The minimum absolute atomic E-state index is 0.149. The zero-order valence-corrected chi connectivity index (χ0v) is 13.1. The second-order valence-corrected chi connectivity index (χ2v) is 5.32. The Bertz CT molecular complexity index is 640. The topological polar surface area (TPSA) is 55.8 Å². The van der Waals surface area contributed by atoms with Gasteiger partial charge >= 0.3 is 5.97 Å². The molecule has 0 amide bonds. The van der Waals surface area contributed by atoms with Gasteiger partial charge in [0.25, 0.3) is 0 Å². The average Bonchev–Trinajstić information content (AvgIpc) is 2.47. The highest BCUT2D eigenvalue weighted by atomic mass is 79.9. The fraction of sp³-hybridized carbons (Fsp3) is 0.188. The van der Waals surface area contributed by atoms with E-state index >= 15 is 0 Å². The first-order valence-electron chi connectivity index (χ1n) is 6.42. The monoisotopic (exact) mass is 350 g/mol. The molecule has 0 aliphatic carbocycles. The van der Waals surface area contributed by atoms with E-state index in [1.54, 1.807) is 18.2 Å². The third kappa shape index (κ3) is 4.23. The predicted molar refractivity (Wildman–Crippen MR) is 83.3 cm³/mol. The first kappa shape index (κ1) is 15.4. The quantitative estimate of drug-likeness (QED) is 0.802. The molecule has 0 saturated heterocycles. The van der Waals surface area contributed by atoms with Gasteiger partial charge in [0, 0.05) is 4.47 Å². The molecule has 0 aliphatic heterocycles. The van der Waals surface area contributed by atoms with Crippen molar-refractivity contribution in [2.75, 3.05) is 13.2 Å². The molecule has 5 heteroatoms. The van der Waals surface area contributed by atoms with Gasteiger partial charge in [0.15, 0.2) is 0 Å². The number of hydrogen-bond donors (Lipinski definition) is 1. The van der Waals surface area contributed by atoms with Crippen LogP contribution in [0.3, 0.4) is 0 Å². The Morgan fingerprint density at radius 3 is 2.48 bits per heavy atom. The minimum Gasteiger partial charge on any atom is -0.490 e. The van der Waals surface area contributed by atoms with Crippen LogP contribution in [0.15, 0.2) is 46.9 Å². The molecule has 0 spiro atoms. The first-order chi connectivity index (χ1) is 10.1. The second kappa shape index (κ2) is 7.13. The smallest absolute Gasteiger partial charge is 0.339 e. The third-order valence-corrected chi connectivity index (χ3v) is 3.36. The zero-order valence-electron chi connectivity index (χ0n) is 11.5. The number of halogens is 1. The molecule has 2 rings (SSSR count). The Balaban J connectivity index is 1.91. The Kier molecular flexibility index (Phi) is 5.22. The van der Waals surface area contributed by atoms with Crippen LogP contribution in [0.4, 0.5) is 0 Å². The van der Waals surface area contributed by atoms with E-state index in [1.165, 1.54) is 6.07 Å². The molecule has 0 fully saturated rings. The van der Waals surface area contributed by atoms with Crippen LogP contribution in [-0.4, -0.2) is 24.3 Å². The fourth-order valence-corrected chi connectivity index (χ4v) is 2.14. The fourth-order valence-electron chi connectivity index (χ4n) is 1.80. The molecule has 110 valence electrons. The molecule has 0 bridgehead atoms. The predicted octanol–water partition coefficient (Wildman–Crippen LogP) is 3.91. The maximum Gasteiger partial charge on any atom is 0.339 e. The van der Waals surface area contributed by atoms with E-state index in [-0.39, 0.29) is 12.2 Å². The van der Waals surface area contributed by atoms with Crippen molar-refractivity contribution in [3.05, 3.63) is 58.1 Å². The van der Waals surface area contributed by atoms with Crippen molar-refractivity contribution in [3.63, 3.8) is 0 Å². The zero-order chi connectivity index (χ0) is 15.2. The molecule has 2 aromatic rings. The summed E-state index contributed by atoms with van der Waals surface area (Å²) in [6.45, 7) is 2.57. The average molecular weight is 351 g/mol. The molecule has 4 nitrogen and oxygen atoms in total. The lowest BCUT2D eigenvalue weighted by atomic mass is 10.2. The van der Waals surface area contributed by atoms with E-state index in [2.05, 4.69) is 15.9 Å². The van der Waals surface area contributed by atoms with Gasteiger partial charge in [-0.25, -0.2) is 4.79 Å². The summed E-state index contributed by atoms with van der Waals surface area (Å²) in [5, 5.41) is 9.05. The number of carboxylic acid groups (broad SMARTS) is 1. The van der Waals surface area contributed by atoms with Gasteiger partial charge in [0.2, 0.25) is 0 Å². The Morgan fingerprint density at radius 1 is 1.10 bits per heavy atom. The molecule has 0 unspecified atom stereocenters. The Hall–Kier alpha value is -2.01. The maximum absolute atomic E-state index is 11.0. The van der Waals surface area contributed by atoms with E-state index in [1.807, 2.05) is 25.1 Å². The number of para-hydroxylation sites is 1. The molecule has 0 radical (unpaired) electrons. The van der Waals surface area contributed by atoms with Crippen molar-refractivity contribution in [1.29, 1.82) is 0 Å². The number of aryl methyl sites for hydroxylation is 1. The summed E-state index contributed by atoms with van der Waals surface area (Å²) >= 11 is 3.39. The van der Waals surface area contributed by atoms with E-state index in [0.29, 0.717) is 12.4 Å². The molecule has 0 saturated carbocycles. The van der Waals surface area contributed by atoms with E-state index in [0.717, 1.165) is 15.8 Å². The van der Waals surface area contributed by atoms with Crippen LogP contribution in [0.1, 0.15) is 15.9 Å². The van der Waals surface area contributed by atoms with Gasteiger partial charge in [-0.15, -0.1) is 0 Å². The summed E-state index contributed by atoms with van der Waals surface area (Å²) in [5.74, 6) is 0.119. The largest absolute Gasteiger partial charge is 0.490 e. The number of aromatic carboxylic acids is 1. The highest BCUT2D eigenvalue weighted by molar-refractivity contribution is 9.10. The molecule has 1 N–H and O–H groups in total. The molecular formula is C16H15BrO4. The van der Waals surface area contributed by atoms with E-state index in [9.17, 15) is 4.79 Å². The number of hydrogen-bond acceptors (Lipinski definition) is 3. The molecule has 0 heterocycles. The van der Waals surface area contributed by atoms with Crippen LogP contribution in [0.25, 0.3) is 0 Å². The van der Waals surface area contributed by atoms with E-state index < -0.39 is 5.97 Å². The van der Waals surface area contributed by atoms with Crippen molar-refractivity contribution < 1.29 is 19.4 Å². The summed E-state index contributed by atoms with van der Waals surface area (Å²) in [4.78, 5) is 11.0. The van der Waals surface area contributed by atoms with Crippen molar-refractivity contribution in [2.24, 2.45) is 0 Å².